The molecular formula is C13H18N2O3. The average Bonchev–Trinajstić information content (AvgIpc) is 2.64. The fourth-order valence-corrected chi connectivity index (χ4v) is 2.40. The molecule has 2 N–H and O–H groups in total. The fraction of sp³-hybridized carbons (Fsp3) is 0.538. The Hall–Kier alpha value is -1.62. The van der Waals surface area contributed by atoms with Crippen LogP contribution in [0.15, 0.2) is 10.9 Å². The van der Waals surface area contributed by atoms with Gasteiger partial charge in [-0.3, -0.25) is 9.59 Å². The molecule has 0 bridgehead atoms. The maximum atomic E-state index is 11.9. The molecule has 2 rings (SSSR count). The number of hydrogen-bond donors (Lipinski definition) is 2. The van der Waals surface area contributed by atoms with E-state index in [1.807, 2.05) is 19.9 Å². The van der Waals surface area contributed by atoms with E-state index in [-0.39, 0.29) is 24.0 Å². The van der Waals surface area contributed by atoms with Gasteiger partial charge in [0.15, 0.2) is 0 Å². The zero-order chi connectivity index (χ0) is 13.3. The van der Waals surface area contributed by atoms with Crippen LogP contribution in [0.1, 0.15) is 23.2 Å². The Morgan fingerprint density at radius 3 is 2.72 bits per heavy atom. The lowest BCUT2D eigenvalue weighted by Crippen LogP contribution is -2.29. The predicted octanol–water partition coefficient (Wildman–Crippen LogP) is 0.333. The fourth-order valence-electron chi connectivity index (χ4n) is 2.40. The molecule has 0 aromatic carbocycles. The SMILES string of the molecule is Cc1cc(C)c(CN2CC(CO)CC2=O)c(=O)[nH]1. The molecule has 1 unspecified atom stereocenters. The van der Waals surface area contributed by atoms with Gasteiger partial charge in [-0.15, -0.1) is 0 Å². The lowest BCUT2D eigenvalue weighted by Gasteiger charge is -2.17. The molecule has 1 aromatic rings. The molecule has 1 aromatic heterocycles. The van der Waals surface area contributed by atoms with Crippen molar-refractivity contribution in [3.63, 3.8) is 0 Å². The monoisotopic (exact) mass is 250 g/mol. The van der Waals surface area contributed by atoms with Crippen molar-refractivity contribution in [1.82, 2.24) is 9.88 Å². The summed E-state index contributed by atoms with van der Waals surface area (Å²) in [6, 6.07) is 1.90. The van der Waals surface area contributed by atoms with Crippen molar-refractivity contribution in [1.29, 1.82) is 0 Å². The highest BCUT2D eigenvalue weighted by Gasteiger charge is 2.29. The first-order chi connectivity index (χ1) is 8.51. The van der Waals surface area contributed by atoms with Crippen molar-refractivity contribution in [2.24, 2.45) is 5.92 Å². The summed E-state index contributed by atoms with van der Waals surface area (Å²) in [5.74, 6) is 0.00996. The van der Waals surface area contributed by atoms with Gasteiger partial charge in [0.05, 0.1) is 6.54 Å². The Kier molecular flexibility index (Phi) is 3.52. The Bertz CT molecular complexity index is 521. The van der Waals surface area contributed by atoms with Gasteiger partial charge < -0.3 is 15.0 Å². The van der Waals surface area contributed by atoms with Crippen molar-refractivity contribution in [2.75, 3.05) is 13.2 Å². The quantitative estimate of drug-likeness (QED) is 0.812. The van der Waals surface area contributed by atoms with E-state index in [0.717, 1.165) is 11.3 Å². The van der Waals surface area contributed by atoms with Gasteiger partial charge in [0.1, 0.15) is 0 Å². The summed E-state index contributed by atoms with van der Waals surface area (Å²) in [7, 11) is 0. The first kappa shape index (κ1) is 12.8. The molecule has 0 spiro atoms. The second-order valence-electron chi connectivity index (χ2n) is 4.97. The van der Waals surface area contributed by atoms with Crippen molar-refractivity contribution >= 4 is 5.91 Å². The van der Waals surface area contributed by atoms with Crippen molar-refractivity contribution < 1.29 is 9.90 Å². The number of aromatic amines is 1. The molecule has 5 nitrogen and oxygen atoms in total. The lowest BCUT2D eigenvalue weighted by atomic mass is 10.1. The van der Waals surface area contributed by atoms with Gasteiger partial charge in [0.2, 0.25) is 5.91 Å². The number of nitrogens with one attached hydrogen (secondary N) is 1. The lowest BCUT2D eigenvalue weighted by molar-refractivity contribution is -0.128. The number of hydrogen-bond acceptors (Lipinski definition) is 3. The normalized spacial score (nSPS) is 19.6. The largest absolute Gasteiger partial charge is 0.396 e. The molecule has 0 saturated carbocycles. The zero-order valence-corrected chi connectivity index (χ0v) is 10.7. The zero-order valence-electron chi connectivity index (χ0n) is 10.7. The molecule has 1 fully saturated rings. The second-order valence-corrected chi connectivity index (χ2v) is 4.97. The number of pyridine rings is 1. The third kappa shape index (κ3) is 2.46. The van der Waals surface area contributed by atoms with Gasteiger partial charge in [-0.2, -0.15) is 0 Å². The molecule has 2 heterocycles. The van der Waals surface area contributed by atoms with Crippen molar-refractivity contribution in [3.8, 4) is 0 Å². The van der Waals surface area contributed by atoms with E-state index < -0.39 is 0 Å². The number of rotatable bonds is 3. The van der Waals surface area contributed by atoms with E-state index in [4.69, 9.17) is 5.11 Å². The number of carbonyl (C=O) groups excluding carboxylic acids is 1. The minimum Gasteiger partial charge on any atom is -0.396 e. The standard InChI is InChI=1S/C13H18N2O3/c1-8-3-9(2)14-13(18)11(8)6-15-5-10(7-16)4-12(15)17/h3,10,16H,4-7H2,1-2H3,(H,14,18). The van der Waals surface area contributed by atoms with Gasteiger partial charge >= 0.3 is 0 Å². The molecule has 1 amide bonds. The number of H-pyrrole nitrogens is 1. The molecule has 1 saturated heterocycles. The van der Waals surface area contributed by atoms with Gasteiger partial charge in [-0.1, -0.05) is 0 Å². The van der Waals surface area contributed by atoms with E-state index in [0.29, 0.717) is 25.1 Å². The van der Waals surface area contributed by atoms with Crippen LogP contribution in [0, 0.1) is 19.8 Å². The number of aromatic nitrogens is 1. The smallest absolute Gasteiger partial charge is 0.253 e. The van der Waals surface area contributed by atoms with Crippen LogP contribution < -0.4 is 5.56 Å². The number of aryl methyl sites for hydroxylation is 2. The maximum absolute atomic E-state index is 11.9. The highest BCUT2D eigenvalue weighted by atomic mass is 16.3. The Balaban J connectivity index is 2.20. The molecule has 5 heteroatoms. The highest BCUT2D eigenvalue weighted by Crippen LogP contribution is 2.19. The molecular weight excluding hydrogens is 232 g/mol. The Labute approximate surface area is 105 Å². The molecule has 1 aliphatic rings. The van der Waals surface area contributed by atoms with Crippen LogP contribution in [0.25, 0.3) is 0 Å². The number of nitrogens with zero attached hydrogens (tertiary/aromatic N) is 1. The van der Waals surface area contributed by atoms with Crippen LogP contribution in [0.4, 0.5) is 0 Å². The van der Waals surface area contributed by atoms with E-state index in [1.165, 1.54) is 0 Å². The summed E-state index contributed by atoms with van der Waals surface area (Å²) in [6.07, 6.45) is 0.374. The van der Waals surface area contributed by atoms with E-state index in [9.17, 15) is 9.59 Å². The summed E-state index contributed by atoms with van der Waals surface area (Å²) in [4.78, 5) is 28.0. The Morgan fingerprint density at radius 1 is 1.44 bits per heavy atom. The molecule has 1 aliphatic heterocycles. The minimum atomic E-state index is -0.132. The van der Waals surface area contributed by atoms with Crippen LogP contribution in [-0.4, -0.2) is 34.0 Å². The number of carbonyl (C=O) groups is 1. The third-order valence-corrected chi connectivity index (χ3v) is 3.40. The molecule has 18 heavy (non-hydrogen) atoms. The highest BCUT2D eigenvalue weighted by molar-refractivity contribution is 5.78. The summed E-state index contributed by atoms with van der Waals surface area (Å²) in [5, 5.41) is 9.07. The van der Waals surface area contributed by atoms with Crippen LogP contribution in [0.2, 0.25) is 0 Å². The number of amides is 1. The predicted molar refractivity (Wildman–Crippen MR) is 67.1 cm³/mol. The summed E-state index contributed by atoms with van der Waals surface area (Å²) < 4.78 is 0. The van der Waals surface area contributed by atoms with Crippen molar-refractivity contribution in [3.05, 3.63) is 33.2 Å². The number of aliphatic hydroxyl groups is 1. The first-order valence-corrected chi connectivity index (χ1v) is 6.09. The van der Waals surface area contributed by atoms with Gasteiger partial charge in [-0.25, -0.2) is 0 Å². The molecule has 0 aliphatic carbocycles. The number of likely N-dealkylation sites (tertiary alicyclic amines) is 1. The van der Waals surface area contributed by atoms with E-state index in [2.05, 4.69) is 4.98 Å². The molecule has 98 valence electrons. The van der Waals surface area contributed by atoms with Crippen LogP contribution >= 0.6 is 0 Å². The van der Waals surface area contributed by atoms with Crippen LogP contribution in [-0.2, 0) is 11.3 Å². The first-order valence-electron chi connectivity index (χ1n) is 6.09. The van der Waals surface area contributed by atoms with Gasteiger partial charge in [0.25, 0.3) is 5.56 Å². The van der Waals surface area contributed by atoms with Crippen LogP contribution in [0.3, 0.4) is 0 Å². The van der Waals surface area contributed by atoms with E-state index >= 15 is 0 Å². The average molecular weight is 250 g/mol. The van der Waals surface area contributed by atoms with Crippen molar-refractivity contribution in [2.45, 2.75) is 26.8 Å². The second kappa shape index (κ2) is 4.94. The molecule has 1 atom stereocenters. The number of aliphatic hydroxyl groups excluding tert-OH is 1. The van der Waals surface area contributed by atoms with Gasteiger partial charge in [-0.05, 0) is 25.5 Å². The minimum absolute atomic E-state index is 0.00216. The summed E-state index contributed by atoms with van der Waals surface area (Å²) in [5.41, 5.74) is 2.22. The topological polar surface area (TPSA) is 73.4 Å². The van der Waals surface area contributed by atoms with Crippen LogP contribution in [0.5, 0.6) is 0 Å². The molecule has 0 radical (unpaired) electrons. The summed E-state index contributed by atoms with van der Waals surface area (Å²) >= 11 is 0. The summed E-state index contributed by atoms with van der Waals surface area (Å²) in [6.45, 7) is 4.59. The maximum Gasteiger partial charge on any atom is 0.253 e. The third-order valence-electron chi connectivity index (χ3n) is 3.40. The Morgan fingerprint density at radius 2 is 2.17 bits per heavy atom. The van der Waals surface area contributed by atoms with Gasteiger partial charge in [0, 0.05) is 36.7 Å². The van der Waals surface area contributed by atoms with E-state index in [1.54, 1.807) is 4.90 Å².